The minimum Gasteiger partial charge on any atom is -0.370 e. The molecule has 1 amide bonds. The van der Waals surface area contributed by atoms with Gasteiger partial charge in [-0.15, -0.1) is 11.8 Å². The second kappa shape index (κ2) is 8.94. The van der Waals surface area contributed by atoms with Gasteiger partial charge in [0.2, 0.25) is 5.91 Å². The Balaban J connectivity index is 2.06. The molecule has 0 aliphatic heterocycles. The number of thioether (sulfide) groups is 1. The van der Waals surface area contributed by atoms with Gasteiger partial charge in [0.05, 0.1) is 12.4 Å². The van der Waals surface area contributed by atoms with Crippen molar-refractivity contribution < 1.29 is 22.7 Å². The quantitative estimate of drug-likeness (QED) is 0.748. The number of alkyl halides is 3. The number of ether oxygens (including phenoxy) is 1. The Hall–Kier alpha value is -1.21. The summed E-state index contributed by atoms with van der Waals surface area (Å²) < 4.78 is 39.7. The first kappa shape index (κ1) is 17.8. The smallest absolute Gasteiger partial charge is 0.370 e. The van der Waals surface area contributed by atoms with Gasteiger partial charge in [-0.3, -0.25) is 4.79 Å². The third kappa shape index (κ3) is 9.36. The topological polar surface area (TPSA) is 38.3 Å². The van der Waals surface area contributed by atoms with Crippen LogP contribution in [0, 0.1) is 6.92 Å². The molecule has 1 aromatic rings. The Labute approximate surface area is 126 Å². The number of carbonyl (C=O) groups excluding carboxylic acids is 1. The van der Waals surface area contributed by atoms with Crippen molar-refractivity contribution >= 4 is 17.7 Å². The van der Waals surface area contributed by atoms with Crippen LogP contribution in [0.25, 0.3) is 0 Å². The number of nitrogens with one attached hydrogen (secondary N) is 1. The number of hydrogen-bond donors (Lipinski definition) is 1. The fraction of sp³-hybridized carbons (Fsp3) is 0.500. The van der Waals surface area contributed by atoms with Crippen molar-refractivity contribution in [3.05, 3.63) is 35.4 Å². The summed E-state index contributed by atoms with van der Waals surface area (Å²) in [5, 5.41) is 2.51. The van der Waals surface area contributed by atoms with E-state index in [4.69, 9.17) is 0 Å². The second-order valence-corrected chi connectivity index (χ2v) is 5.49. The van der Waals surface area contributed by atoms with Crippen LogP contribution < -0.4 is 5.32 Å². The molecular weight excluding hydrogens is 303 g/mol. The van der Waals surface area contributed by atoms with Crippen LogP contribution >= 0.6 is 11.8 Å². The lowest BCUT2D eigenvalue weighted by Gasteiger charge is -2.08. The molecule has 3 nitrogen and oxygen atoms in total. The van der Waals surface area contributed by atoms with Crippen LogP contribution in [0.5, 0.6) is 0 Å². The van der Waals surface area contributed by atoms with Crippen molar-refractivity contribution in [2.45, 2.75) is 18.9 Å². The third-order valence-electron chi connectivity index (χ3n) is 2.42. The van der Waals surface area contributed by atoms with E-state index in [0.29, 0.717) is 0 Å². The molecule has 118 valence electrons. The summed E-state index contributed by atoms with van der Waals surface area (Å²) in [5.41, 5.74) is 2.31. The van der Waals surface area contributed by atoms with Gasteiger partial charge < -0.3 is 10.1 Å². The molecule has 0 aromatic heterocycles. The average molecular weight is 321 g/mol. The monoisotopic (exact) mass is 321 g/mol. The summed E-state index contributed by atoms with van der Waals surface area (Å²) in [7, 11) is 0. The van der Waals surface area contributed by atoms with Crippen molar-refractivity contribution in [3.8, 4) is 0 Å². The highest BCUT2D eigenvalue weighted by Crippen LogP contribution is 2.14. The van der Waals surface area contributed by atoms with Crippen molar-refractivity contribution in [1.29, 1.82) is 0 Å². The molecule has 1 N–H and O–H groups in total. The minimum atomic E-state index is -4.33. The number of aryl methyl sites for hydroxylation is 1. The van der Waals surface area contributed by atoms with E-state index in [2.05, 4.69) is 16.1 Å². The maximum Gasteiger partial charge on any atom is 0.411 e. The average Bonchev–Trinajstić information content (AvgIpc) is 2.37. The lowest BCUT2D eigenvalue weighted by molar-refractivity contribution is -0.173. The van der Waals surface area contributed by atoms with Gasteiger partial charge in [-0.1, -0.05) is 29.8 Å². The molecular formula is C14H18F3NO2S. The molecule has 0 bridgehead atoms. The number of benzene rings is 1. The van der Waals surface area contributed by atoms with Gasteiger partial charge >= 0.3 is 6.18 Å². The van der Waals surface area contributed by atoms with E-state index in [-0.39, 0.29) is 24.8 Å². The lowest BCUT2D eigenvalue weighted by atomic mass is 10.2. The Morgan fingerprint density at radius 2 is 2.14 bits per heavy atom. The number of carbonyl (C=O) groups is 1. The van der Waals surface area contributed by atoms with Crippen LogP contribution in [-0.4, -0.2) is 37.6 Å². The van der Waals surface area contributed by atoms with Crippen molar-refractivity contribution in [2.24, 2.45) is 0 Å². The highest BCUT2D eigenvalue weighted by atomic mass is 32.2. The highest BCUT2D eigenvalue weighted by molar-refractivity contribution is 7.99. The van der Waals surface area contributed by atoms with Gasteiger partial charge in [-0.25, -0.2) is 0 Å². The van der Waals surface area contributed by atoms with Crippen LogP contribution in [0.3, 0.4) is 0 Å². The molecule has 0 saturated carbocycles. The fourth-order valence-electron chi connectivity index (χ4n) is 1.57. The number of hydrogen-bond acceptors (Lipinski definition) is 3. The zero-order valence-electron chi connectivity index (χ0n) is 11.7. The van der Waals surface area contributed by atoms with E-state index in [0.717, 1.165) is 11.3 Å². The van der Waals surface area contributed by atoms with Crippen LogP contribution in [0.2, 0.25) is 0 Å². The van der Waals surface area contributed by atoms with Gasteiger partial charge in [0.15, 0.2) is 0 Å². The molecule has 0 radical (unpaired) electrons. The molecule has 0 heterocycles. The van der Waals surface area contributed by atoms with Gasteiger partial charge in [0.25, 0.3) is 0 Å². The predicted octanol–water partition coefficient (Wildman–Crippen LogP) is 2.92. The summed E-state index contributed by atoms with van der Waals surface area (Å²) in [6.07, 6.45) is -4.33. The third-order valence-corrected chi connectivity index (χ3v) is 3.42. The molecule has 0 fully saturated rings. The molecule has 0 aliphatic rings. The number of halogens is 3. The lowest BCUT2D eigenvalue weighted by Crippen LogP contribution is -2.30. The summed E-state index contributed by atoms with van der Waals surface area (Å²) in [5.74, 6) is 0.788. The zero-order chi connectivity index (χ0) is 15.7. The van der Waals surface area contributed by atoms with E-state index in [1.807, 2.05) is 25.1 Å². The SMILES string of the molecule is Cc1cccc(CSCC(=O)NCCOCC(F)(F)F)c1. The first-order valence-electron chi connectivity index (χ1n) is 6.41. The maximum atomic E-state index is 11.8. The molecule has 0 aliphatic carbocycles. The van der Waals surface area contributed by atoms with E-state index >= 15 is 0 Å². The van der Waals surface area contributed by atoms with Gasteiger partial charge in [0.1, 0.15) is 6.61 Å². The Bertz CT molecular complexity index is 452. The van der Waals surface area contributed by atoms with E-state index in [1.54, 1.807) is 0 Å². The molecule has 7 heteroatoms. The van der Waals surface area contributed by atoms with Crippen molar-refractivity contribution in [2.75, 3.05) is 25.5 Å². The standard InChI is InChI=1S/C14H18F3NO2S/c1-11-3-2-4-12(7-11)8-21-9-13(19)18-5-6-20-10-14(15,16)17/h2-4,7H,5-6,8-10H2,1H3,(H,18,19). The Morgan fingerprint density at radius 3 is 2.81 bits per heavy atom. The largest absolute Gasteiger partial charge is 0.411 e. The van der Waals surface area contributed by atoms with E-state index < -0.39 is 12.8 Å². The summed E-state index contributed by atoms with van der Waals surface area (Å²) in [6.45, 7) is 0.653. The second-order valence-electron chi connectivity index (χ2n) is 4.50. The molecule has 1 aromatic carbocycles. The van der Waals surface area contributed by atoms with Gasteiger partial charge in [0, 0.05) is 12.3 Å². The van der Waals surface area contributed by atoms with E-state index in [1.165, 1.54) is 17.3 Å². The molecule has 0 saturated heterocycles. The van der Waals surface area contributed by atoms with Crippen molar-refractivity contribution in [3.63, 3.8) is 0 Å². The van der Waals surface area contributed by atoms with Crippen LogP contribution in [-0.2, 0) is 15.3 Å². The maximum absolute atomic E-state index is 11.8. The first-order chi connectivity index (χ1) is 9.87. The summed E-state index contributed by atoms with van der Waals surface area (Å²) in [4.78, 5) is 11.5. The highest BCUT2D eigenvalue weighted by Gasteiger charge is 2.27. The van der Waals surface area contributed by atoms with E-state index in [9.17, 15) is 18.0 Å². The van der Waals surface area contributed by atoms with Crippen LogP contribution in [0.1, 0.15) is 11.1 Å². The molecule has 1 rings (SSSR count). The van der Waals surface area contributed by atoms with Gasteiger partial charge in [-0.2, -0.15) is 13.2 Å². The predicted molar refractivity (Wildman–Crippen MR) is 77.2 cm³/mol. The molecule has 0 spiro atoms. The molecule has 0 atom stereocenters. The van der Waals surface area contributed by atoms with Crippen LogP contribution in [0.4, 0.5) is 13.2 Å². The Kier molecular flexibility index (Phi) is 7.60. The zero-order valence-corrected chi connectivity index (χ0v) is 12.5. The minimum absolute atomic E-state index is 0.0833. The fourth-order valence-corrected chi connectivity index (χ4v) is 2.37. The number of amides is 1. The molecule has 21 heavy (non-hydrogen) atoms. The first-order valence-corrected chi connectivity index (χ1v) is 7.57. The summed E-state index contributed by atoms with van der Waals surface area (Å²) >= 11 is 1.46. The van der Waals surface area contributed by atoms with Crippen LogP contribution in [0.15, 0.2) is 24.3 Å². The normalized spacial score (nSPS) is 11.4. The molecule has 0 unspecified atom stereocenters. The van der Waals surface area contributed by atoms with Gasteiger partial charge in [-0.05, 0) is 12.5 Å². The number of rotatable bonds is 8. The Morgan fingerprint density at radius 1 is 1.38 bits per heavy atom. The van der Waals surface area contributed by atoms with Crippen molar-refractivity contribution in [1.82, 2.24) is 5.32 Å². The summed E-state index contributed by atoms with van der Waals surface area (Å²) in [6, 6.07) is 8.00.